The highest BCUT2D eigenvalue weighted by Crippen LogP contribution is 2.36. The lowest BCUT2D eigenvalue weighted by atomic mass is 9.95. The Kier molecular flexibility index (Phi) is 6.68. The van der Waals surface area contributed by atoms with Gasteiger partial charge in [-0.15, -0.1) is 0 Å². The van der Waals surface area contributed by atoms with Gasteiger partial charge in [-0.3, -0.25) is 15.6 Å². The van der Waals surface area contributed by atoms with Crippen LogP contribution in [0.2, 0.25) is 0 Å². The van der Waals surface area contributed by atoms with Crippen molar-refractivity contribution in [2.24, 2.45) is 0 Å². The quantitative estimate of drug-likeness (QED) is 0.246. The molecular formula is C28H23N5O5. The van der Waals surface area contributed by atoms with Crippen molar-refractivity contribution in [3.05, 3.63) is 107 Å². The molecule has 38 heavy (non-hydrogen) atoms. The van der Waals surface area contributed by atoms with Gasteiger partial charge in [0.2, 0.25) is 0 Å². The third-order valence-corrected chi connectivity index (χ3v) is 5.80. The van der Waals surface area contributed by atoms with Crippen LogP contribution in [0.15, 0.2) is 88.3 Å². The number of hydrogen-bond donors (Lipinski definition) is 2. The molecule has 0 aliphatic heterocycles. The second kappa shape index (κ2) is 10.4. The summed E-state index contributed by atoms with van der Waals surface area (Å²) in [6, 6.07) is 21.2. The van der Waals surface area contributed by atoms with Crippen molar-refractivity contribution in [3.8, 4) is 16.8 Å². The normalized spacial score (nSPS) is 10.8. The lowest BCUT2D eigenvalue weighted by Gasteiger charge is -2.20. The van der Waals surface area contributed by atoms with Gasteiger partial charge in [0.15, 0.2) is 17.2 Å². The van der Waals surface area contributed by atoms with Gasteiger partial charge >= 0.3 is 17.6 Å². The Morgan fingerprint density at radius 1 is 0.974 bits per heavy atom. The lowest BCUT2D eigenvalue weighted by molar-refractivity contribution is 0.0526. The molecule has 5 aromatic rings. The topological polar surface area (TPSA) is 128 Å². The van der Waals surface area contributed by atoms with Gasteiger partial charge in [-0.1, -0.05) is 48.5 Å². The molecule has 10 nitrogen and oxygen atoms in total. The first-order chi connectivity index (χ1) is 18.5. The van der Waals surface area contributed by atoms with Gasteiger partial charge in [0, 0.05) is 5.56 Å². The molecule has 2 aromatic carbocycles. The van der Waals surface area contributed by atoms with Crippen LogP contribution >= 0.6 is 0 Å². The second-order valence-corrected chi connectivity index (χ2v) is 8.20. The number of hydrogen-bond acceptors (Lipinski definition) is 8. The number of aromatic nitrogens is 3. The van der Waals surface area contributed by atoms with E-state index in [-0.39, 0.29) is 29.4 Å². The van der Waals surface area contributed by atoms with Crippen LogP contribution in [-0.4, -0.2) is 33.0 Å². The molecule has 0 saturated heterocycles. The van der Waals surface area contributed by atoms with E-state index >= 15 is 0 Å². The standard InChI is InChI=1S/C28H23N5O5/c1-3-37-27(35)21-17(2)29-25-23(22(21)18-11-6-4-7-12-18)24(31-32-26(34)20-15-10-16-38-20)30-28(36)33(25)19-13-8-5-9-14-19/h4-16H,3H2,1-2H3,(H,32,34)(H,30,31,36). The van der Waals surface area contributed by atoms with Gasteiger partial charge in [0.25, 0.3) is 0 Å². The highest BCUT2D eigenvalue weighted by Gasteiger charge is 2.26. The summed E-state index contributed by atoms with van der Waals surface area (Å²) in [4.78, 5) is 48.1. The molecule has 3 heterocycles. The first-order valence-electron chi connectivity index (χ1n) is 11.8. The van der Waals surface area contributed by atoms with E-state index in [0.29, 0.717) is 27.9 Å². The maximum atomic E-state index is 13.4. The molecule has 0 saturated carbocycles. The average molecular weight is 510 g/mol. The predicted molar refractivity (Wildman–Crippen MR) is 141 cm³/mol. The third kappa shape index (κ3) is 4.50. The van der Waals surface area contributed by atoms with E-state index in [1.807, 2.05) is 36.4 Å². The van der Waals surface area contributed by atoms with E-state index in [1.165, 1.54) is 16.9 Å². The van der Waals surface area contributed by atoms with Crippen molar-refractivity contribution in [1.29, 1.82) is 0 Å². The second-order valence-electron chi connectivity index (χ2n) is 8.20. The van der Waals surface area contributed by atoms with Crippen molar-refractivity contribution < 1.29 is 18.7 Å². The molecule has 0 aliphatic carbocycles. The van der Waals surface area contributed by atoms with Gasteiger partial charge in [-0.05, 0) is 43.7 Å². The first-order valence-corrected chi connectivity index (χ1v) is 11.8. The van der Waals surface area contributed by atoms with Crippen molar-refractivity contribution in [2.45, 2.75) is 13.8 Å². The number of nitrogens with one attached hydrogen (secondary N) is 2. The number of fused-ring (bicyclic) bond motifs is 1. The number of pyridine rings is 1. The Morgan fingerprint density at radius 2 is 1.68 bits per heavy atom. The van der Waals surface area contributed by atoms with Gasteiger partial charge in [0.05, 0.1) is 35.2 Å². The van der Waals surface area contributed by atoms with Crippen LogP contribution in [0, 0.1) is 6.92 Å². The number of nitrogens with zero attached hydrogens (tertiary/aromatic N) is 3. The zero-order chi connectivity index (χ0) is 26.6. The number of rotatable bonds is 7. The number of aryl methyl sites for hydroxylation is 1. The number of carbonyl (C=O) groups is 2. The van der Waals surface area contributed by atoms with Gasteiger partial charge in [0.1, 0.15) is 0 Å². The minimum absolute atomic E-state index is 0.00832. The zero-order valence-corrected chi connectivity index (χ0v) is 20.6. The van der Waals surface area contributed by atoms with E-state index in [1.54, 1.807) is 44.2 Å². The van der Waals surface area contributed by atoms with E-state index in [4.69, 9.17) is 14.1 Å². The number of carbonyl (C=O) groups excluding carboxylic acids is 2. The molecule has 1 amide bonds. The Bertz CT molecular complexity index is 1680. The third-order valence-electron chi connectivity index (χ3n) is 5.80. The van der Waals surface area contributed by atoms with Crippen LogP contribution in [0.5, 0.6) is 0 Å². The summed E-state index contributed by atoms with van der Waals surface area (Å²) in [5, 5.41) is 0.341. The largest absolute Gasteiger partial charge is 0.462 e. The summed E-state index contributed by atoms with van der Waals surface area (Å²) in [7, 11) is 0. The number of esters is 1. The fourth-order valence-corrected chi connectivity index (χ4v) is 4.20. The number of furan rings is 1. The van der Waals surface area contributed by atoms with Crippen molar-refractivity contribution in [3.63, 3.8) is 0 Å². The number of benzene rings is 2. The summed E-state index contributed by atoms with van der Waals surface area (Å²) in [5.41, 5.74) is 7.14. The van der Waals surface area contributed by atoms with Crippen molar-refractivity contribution in [1.82, 2.24) is 20.0 Å². The lowest BCUT2D eigenvalue weighted by Crippen LogP contribution is -2.32. The smallest absolute Gasteiger partial charge is 0.355 e. The summed E-state index contributed by atoms with van der Waals surface area (Å²) >= 11 is 0. The molecule has 0 aliphatic rings. The summed E-state index contributed by atoms with van der Waals surface area (Å²) in [6.45, 7) is 3.57. The fourth-order valence-electron chi connectivity index (χ4n) is 4.20. The maximum Gasteiger partial charge on any atom is 0.355 e. The van der Waals surface area contributed by atoms with Crippen LogP contribution in [-0.2, 0) is 4.74 Å². The maximum absolute atomic E-state index is 13.4. The van der Waals surface area contributed by atoms with Gasteiger partial charge < -0.3 is 9.15 Å². The van der Waals surface area contributed by atoms with Crippen LogP contribution in [0.3, 0.4) is 0 Å². The molecule has 0 bridgehead atoms. The van der Waals surface area contributed by atoms with Crippen LogP contribution < -0.4 is 16.5 Å². The minimum Gasteiger partial charge on any atom is -0.462 e. The molecule has 10 heteroatoms. The molecule has 2 N–H and O–H groups in total. The number of para-hydroxylation sites is 1. The highest BCUT2D eigenvalue weighted by atomic mass is 16.5. The molecule has 5 rings (SSSR count). The number of anilines is 1. The average Bonchev–Trinajstić information content (AvgIpc) is 3.47. The Balaban J connectivity index is 1.84. The molecule has 0 fully saturated rings. The zero-order valence-electron chi connectivity index (χ0n) is 20.6. The number of hydrazine groups is 1. The molecule has 190 valence electrons. The van der Waals surface area contributed by atoms with E-state index in [2.05, 4.69) is 15.8 Å². The van der Waals surface area contributed by atoms with Crippen LogP contribution in [0.25, 0.3) is 27.8 Å². The molecular weight excluding hydrogens is 486 g/mol. The summed E-state index contributed by atoms with van der Waals surface area (Å²) in [6.07, 6.45) is 1.37. The SMILES string of the molecule is CCOC(=O)c1c(C)nc2c(c(NNC(=O)c3ccco3)nc(=O)n2-c2ccccc2)c1-c1ccccc1. The summed E-state index contributed by atoms with van der Waals surface area (Å²) in [5.74, 6) is -1.08. The first kappa shape index (κ1) is 24.4. The number of ether oxygens (including phenoxy) is 1. The van der Waals surface area contributed by atoms with E-state index in [0.717, 1.165) is 0 Å². The van der Waals surface area contributed by atoms with Crippen molar-refractivity contribution >= 4 is 28.7 Å². The molecule has 0 spiro atoms. The van der Waals surface area contributed by atoms with E-state index < -0.39 is 17.6 Å². The predicted octanol–water partition coefficient (Wildman–Crippen LogP) is 4.28. The Labute approximate surface area is 216 Å². The van der Waals surface area contributed by atoms with Gasteiger partial charge in [-0.2, -0.15) is 4.98 Å². The number of amides is 1. The Morgan fingerprint density at radius 3 is 2.34 bits per heavy atom. The van der Waals surface area contributed by atoms with Crippen LogP contribution in [0.4, 0.5) is 5.82 Å². The van der Waals surface area contributed by atoms with E-state index in [9.17, 15) is 14.4 Å². The monoisotopic (exact) mass is 509 g/mol. The van der Waals surface area contributed by atoms with Gasteiger partial charge in [-0.25, -0.2) is 19.1 Å². The highest BCUT2D eigenvalue weighted by molar-refractivity contribution is 6.11. The molecule has 0 atom stereocenters. The molecule has 0 radical (unpaired) electrons. The fraction of sp³-hybridized carbons (Fsp3) is 0.107. The molecule has 0 unspecified atom stereocenters. The summed E-state index contributed by atoms with van der Waals surface area (Å²) < 4.78 is 11.9. The van der Waals surface area contributed by atoms with Crippen LogP contribution in [0.1, 0.15) is 33.5 Å². The Hall–Kier alpha value is -5.25. The van der Waals surface area contributed by atoms with Crippen molar-refractivity contribution in [2.75, 3.05) is 12.0 Å². The minimum atomic E-state index is -0.631. The molecule has 3 aromatic heterocycles.